The number of carbonyl (C=O) groups is 1. The molecule has 1 aromatic heterocycles. The smallest absolute Gasteiger partial charge is 0.262 e. The molecule has 0 atom stereocenters. The number of ether oxygens (including phenoxy) is 2. The van der Waals surface area contributed by atoms with Crippen molar-refractivity contribution in [3.63, 3.8) is 0 Å². The number of phenols is 1. The molecule has 1 aliphatic rings. The van der Waals surface area contributed by atoms with Crippen LogP contribution in [-0.4, -0.2) is 41.7 Å². The lowest BCUT2D eigenvalue weighted by Crippen LogP contribution is -2.25. The van der Waals surface area contributed by atoms with E-state index in [0.717, 1.165) is 16.8 Å². The van der Waals surface area contributed by atoms with Crippen molar-refractivity contribution in [3.8, 4) is 28.5 Å². The second kappa shape index (κ2) is 9.74. The Morgan fingerprint density at radius 1 is 1.39 bits per heavy atom. The first kappa shape index (κ1) is 22.3. The summed E-state index contributed by atoms with van der Waals surface area (Å²) in [5.41, 5.74) is 3.66. The number of nitrogens with one attached hydrogen (secondary N) is 1. The number of benzene rings is 2. The molecule has 0 spiro atoms. The number of aromatic hydroxyl groups is 1. The summed E-state index contributed by atoms with van der Waals surface area (Å²) in [5, 5.41) is 19.9. The molecule has 0 bridgehead atoms. The summed E-state index contributed by atoms with van der Waals surface area (Å²) in [4.78, 5) is 17.0. The van der Waals surface area contributed by atoms with Crippen molar-refractivity contribution in [1.29, 1.82) is 0 Å². The third-order valence-electron chi connectivity index (χ3n) is 4.72. The number of rotatable bonds is 7. The maximum Gasteiger partial charge on any atom is 0.262 e. The first-order valence-corrected chi connectivity index (χ1v) is 11.3. The second-order valence-corrected chi connectivity index (χ2v) is 8.24. The molecule has 1 aliphatic heterocycles. The maximum absolute atomic E-state index is 11.7. The number of amides is 1. The van der Waals surface area contributed by atoms with E-state index in [0.29, 0.717) is 40.7 Å². The molecule has 0 fully saturated rings. The van der Waals surface area contributed by atoms with Crippen molar-refractivity contribution >= 4 is 29.1 Å². The Labute approximate surface area is 195 Å². The molecule has 0 unspecified atom stereocenters. The van der Waals surface area contributed by atoms with Gasteiger partial charge in [0.05, 0.1) is 30.7 Å². The predicted octanol–water partition coefficient (Wildman–Crippen LogP) is 4.01. The van der Waals surface area contributed by atoms with Gasteiger partial charge in [-0.2, -0.15) is 5.10 Å². The average molecular weight is 465 g/mol. The van der Waals surface area contributed by atoms with Gasteiger partial charge in [0, 0.05) is 16.5 Å². The SMILES string of the molecule is C=C(C)CN=c1scc(-c2ccc3c(c2)NC(=O)CO3)n1N=Cc1cccc(OCC)c1O. The first-order valence-electron chi connectivity index (χ1n) is 10.4. The predicted molar refractivity (Wildman–Crippen MR) is 129 cm³/mol. The van der Waals surface area contributed by atoms with Crippen LogP contribution in [0.2, 0.25) is 0 Å². The highest BCUT2D eigenvalue weighted by Crippen LogP contribution is 2.33. The van der Waals surface area contributed by atoms with Crippen LogP contribution >= 0.6 is 11.3 Å². The fourth-order valence-electron chi connectivity index (χ4n) is 3.20. The molecule has 9 heteroatoms. The summed E-state index contributed by atoms with van der Waals surface area (Å²) in [6.07, 6.45) is 1.57. The van der Waals surface area contributed by atoms with Crippen molar-refractivity contribution < 1.29 is 19.4 Å². The molecule has 1 amide bonds. The van der Waals surface area contributed by atoms with Gasteiger partial charge in [0.1, 0.15) is 5.75 Å². The largest absolute Gasteiger partial charge is 0.504 e. The monoisotopic (exact) mass is 464 g/mol. The van der Waals surface area contributed by atoms with E-state index in [9.17, 15) is 9.90 Å². The van der Waals surface area contributed by atoms with Gasteiger partial charge < -0.3 is 19.9 Å². The summed E-state index contributed by atoms with van der Waals surface area (Å²) in [5.74, 6) is 0.843. The van der Waals surface area contributed by atoms with Crippen LogP contribution in [0.15, 0.2) is 64.0 Å². The highest BCUT2D eigenvalue weighted by Gasteiger charge is 2.18. The van der Waals surface area contributed by atoms with Gasteiger partial charge in [0.2, 0.25) is 4.80 Å². The lowest BCUT2D eigenvalue weighted by Gasteiger charge is -2.18. The molecule has 0 saturated heterocycles. The molecule has 2 heterocycles. The van der Waals surface area contributed by atoms with Crippen LogP contribution in [0.4, 0.5) is 5.69 Å². The van der Waals surface area contributed by atoms with Crippen LogP contribution in [0.1, 0.15) is 19.4 Å². The summed E-state index contributed by atoms with van der Waals surface area (Å²) >= 11 is 1.44. The lowest BCUT2D eigenvalue weighted by molar-refractivity contribution is -0.118. The number of fused-ring (bicyclic) bond motifs is 1. The fraction of sp³-hybridized carbons (Fsp3) is 0.208. The Morgan fingerprint density at radius 3 is 3.03 bits per heavy atom. The third kappa shape index (κ3) is 4.98. The number of thiazole rings is 1. The molecule has 170 valence electrons. The van der Waals surface area contributed by atoms with Crippen LogP contribution in [0, 0.1) is 0 Å². The van der Waals surface area contributed by atoms with Crippen molar-refractivity contribution in [2.24, 2.45) is 10.1 Å². The van der Waals surface area contributed by atoms with Gasteiger partial charge in [-0.1, -0.05) is 18.2 Å². The Bertz CT molecular complexity index is 1310. The maximum atomic E-state index is 11.7. The van der Waals surface area contributed by atoms with E-state index in [2.05, 4.69) is 22.0 Å². The summed E-state index contributed by atoms with van der Waals surface area (Å²) < 4.78 is 12.6. The minimum absolute atomic E-state index is 0.00330. The van der Waals surface area contributed by atoms with Gasteiger partial charge in [-0.25, -0.2) is 4.68 Å². The number of phenolic OH excluding ortho intramolecular Hbond substituents is 1. The number of aromatic nitrogens is 1. The van der Waals surface area contributed by atoms with E-state index < -0.39 is 0 Å². The summed E-state index contributed by atoms with van der Waals surface area (Å²) in [6.45, 7) is 8.60. The number of anilines is 1. The van der Waals surface area contributed by atoms with Crippen molar-refractivity contribution in [1.82, 2.24) is 4.68 Å². The topological polar surface area (TPSA) is 97.4 Å². The van der Waals surface area contributed by atoms with Gasteiger partial charge in [0.25, 0.3) is 5.91 Å². The average Bonchev–Trinajstić information content (AvgIpc) is 3.20. The standard InChI is InChI=1S/C24H24N4O4S/c1-4-31-21-7-5-6-17(23(21)30)12-26-28-19(14-33-24(28)25-11-15(2)3)16-8-9-20-18(10-16)27-22(29)13-32-20/h5-10,12,14,30H,2,4,11,13H2,1,3H3,(H,27,29). The molecule has 3 aromatic rings. The first-order chi connectivity index (χ1) is 16.0. The van der Waals surface area contributed by atoms with E-state index in [1.807, 2.05) is 37.4 Å². The molecule has 0 radical (unpaired) electrons. The number of carbonyl (C=O) groups excluding carboxylic acids is 1. The van der Waals surface area contributed by atoms with E-state index in [1.165, 1.54) is 11.3 Å². The quantitative estimate of drug-likeness (QED) is 0.408. The molecular weight excluding hydrogens is 440 g/mol. The summed E-state index contributed by atoms with van der Waals surface area (Å²) in [6, 6.07) is 10.8. The van der Waals surface area contributed by atoms with Crippen LogP contribution in [0.5, 0.6) is 17.2 Å². The van der Waals surface area contributed by atoms with E-state index in [-0.39, 0.29) is 18.3 Å². The van der Waals surface area contributed by atoms with Crippen molar-refractivity contribution in [2.45, 2.75) is 13.8 Å². The van der Waals surface area contributed by atoms with Crippen LogP contribution in [-0.2, 0) is 4.79 Å². The van der Waals surface area contributed by atoms with Gasteiger partial charge in [-0.15, -0.1) is 11.3 Å². The number of nitrogens with zero attached hydrogens (tertiary/aromatic N) is 3. The van der Waals surface area contributed by atoms with E-state index in [4.69, 9.17) is 9.47 Å². The Kier molecular flexibility index (Phi) is 6.60. The van der Waals surface area contributed by atoms with Crippen LogP contribution < -0.4 is 19.6 Å². The second-order valence-electron chi connectivity index (χ2n) is 7.41. The molecule has 0 saturated carbocycles. The van der Waals surface area contributed by atoms with Crippen LogP contribution in [0.3, 0.4) is 0 Å². The molecular formula is C24H24N4O4S. The van der Waals surface area contributed by atoms with Gasteiger partial charge >= 0.3 is 0 Å². The zero-order valence-corrected chi connectivity index (χ0v) is 19.2. The molecule has 0 aliphatic carbocycles. The third-order valence-corrected chi connectivity index (χ3v) is 5.57. The fourth-order valence-corrected chi connectivity index (χ4v) is 4.04. The Balaban J connectivity index is 1.78. The molecule has 2 aromatic carbocycles. The molecule has 8 nitrogen and oxygen atoms in total. The minimum Gasteiger partial charge on any atom is -0.504 e. The van der Waals surface area contributed by atoms with Crippen molar-refractivity contribution in [3.05, 3.63) is 64.3 Å². The van der Waals surface area contributed by atoms with E-state index in [1.54, 1.807) is 29.1 Å². The van der Waals surface area contributed by atoms with Gasteiger partial charge in [-0.05, 0) is 44.2 Å². The summed E-state index contributed by atoms with van der Waals surface area (Å²) in [7, 11) is 0. The highest BCUT2D eigenvalue weighted by atomic mass is 32.1. The Morgan fingerprint density at radius 2 is 2.24 bits per heavy atom. The lowest BCUT2D eigenvalue weighted by atomic mass is 10.1. The number of para-hydroxylation sites is 1. The number of hydrogen-bond donors (Lipinski definition) is 2. The zero-order chi connectivity index (χ0) is 23.4. The van der Waals surface area contributed by atoms with Crippen molar-refractivity contribution in [2.75, 3.05) is 25.1 Å². The Hall–Kier alpha value is -3.85. The molecule has 4 rings (SSSR count). The molecule has 33 heavy (non-hydrogen) atoms. The van der Waals surface area contributed by atoms with Gasteiger partial charge in [0.15, 0.2) is 18.1 Å². The normalized spacial score (nSPS) is 13.5. The van der Waals surface area contributed by atoms with E-state index >= 15 is 0 Å². The highest BCUT2D eigenvalue weighted by molar-refractivity contribution is 7.07. The van der Waals surface area contributed by atoms with Gasteiger partial charge in [-0.3, -0.25) is 9.79 Å². The van der Waals surface area contributed by atoms with Crippen LogP contribution in [0.25, 0.3) is 11.3 Å². The number of hydrogen-bond acceptors (Lipinski definition) is 7. The molecule has 2 N–H and O–H groups in total. The minimum atomic E-state index is -0.197. The zero-order valence-electron chi connectivity index (χ0n) is 18.4.